The number of nitrogen functional groups attached to an aromatic ring is 1. The Labute approximate surface area is 126 Å². The topological polar surface area (TPSA) is 41.3 Å². The summed E-state index contributed by atoms with van der Waals surface area (Å²) in [5, 5.41) is 3.63. The first-order valence-corrected chi connectivity index (χ1v) is 7.62. The molecule has 0 unspecified atom stereocenters. The van der Waals surface area contributed by atoms with Crippen LogP contribution in [-0.2, 0) is 0 Å². The summed E-state index contributed by atoms with van der Waals surface area (Å²) in [4.78, 5) is 2.38. The zero-order valence-electron chi connectivity index (χ0n) is 12.5. The Hall–Kier alpha value is -2.00. The number of anilines is 2. The highest BCUT2D eigenvalue weighted by Crippen LogP contribution is 2.28. The lowest BCUT2D eigenvalue weighted by Crippen LogP contribution is -2.36. The summed E-state index contributed by atoms with van der Waals surface area (Å²) in [5.74, 6) is 0. The molecule has 0 aromatic heterocycles. The fourth-order valence-corrected chi connectivity index (χ4v) is 2.86. The van der Waals surface area contributed by atoms with Gasteiger partial charge >= 0.3 is 0 Å². The first kappa shape index (κ1) is 14.0. The molecule has 0 atom stereocenters. The number of nitrogens with zero attached hydrogens (tertiary/aromatic N) is 1. The standard InChI is InChI=1S/C18H23N3/c1-21-11-9-16(10-12-21)20-18-13-15(7-8-17(18)19)14-5-3-2-4-6-14/h2-8,13,16,20H,9-12,19H2,1H3. The van der Waals surface area contributed by atoms with E-state index in [1.165, 1.54) is 24.0 Å². The molecule has 21 heavy (non-hydrogen) atoms. The maximum Gasteiger partial charge on any atom is 0.0582 e. The number of hydrogen-bond acceptors (Lipinski definition) is 3. The number of nitrogens with two attached hydrogens (primary N) is 1. The molecule has 0 radical (unpaired) electrons. The number of hydrogen-bond donors (Lipinski definition) is 2. The number of likely N-dealkylation sites (tertiary alicyclic amines) is 1. The molecule has 110 valence electrons. The Morgan fingerprint density at radius 1 is 1.00 bits per heavy atom. The third kappa shape index (κ3) is 3.37. The second kappa shape index (κ2) is 6.19. The van der Waals surface area contributed by atoms with Crippen LogP contribution in [-0.4, -0.2) is 31.1 Å². The number of piperidine rings is 1. The molecule has 1 aliphatic heterocycles. The molecule has 2 aromatic carbocycles. The number of nitrogens with one attached hydrogen (secondary N) is 1. The molecule has 1 heterocycles. The molecule has 1 aliphatic rings. The zero-order valence-corrected chi connectivity index (χ0v) is 12.5. The molecule has 0 aliphatic carbocycles. The Morgan fingerprint density at radius 2 is 1.71 bits per heavy atom. The summed E-state index contributed by atoms with van der Waals surface area (Å²) < 4.78 is 0. The van der Waals surface area contributed by atoms with E-state index in [1.807, 2.05) is 12.1 Å². The predicted octanol–water partition coefficient (Wildman–Crippen LogP) is 3.44. The summed E-state index contributed by atoms with van der Waals surface area (Å²) in [6, 6.07) is 17.2. The molecule has 1 fully saturated rings. The molecular weight excluding hydrogens is 258 g/mol. The molecule has 0 amide bonds. The van der Waals surface area contributed by atoms with Gasteiger partial charge in [-0.2, -0.15) is 0 Å². The second-order valence-electron chi connectivity index (χ2n) is 5.89. The van der Waals surface area contributed by atoms with Gasteiger partial charge in [-0.05, 0) is 56.2 Å². The van der Waals surface area contributed by atoms with Crippen LogP contribution in [0.25, 0.3) is 11.1 Å². The maximum atomic E-state index is 6.14. The molecule has 0 saturated carbocycles. The van der Waals surface area contributed by atoms with Gasteiger partial charge in [-0.25, -0.2) is 0 Å². The first-order valence-electron chi connectivity index (χ1n) is 7.62. The third-order valence-electron chi connectivity index (χ3n) is 4.24. The summed E-state index contributed by atoms with van der Waals surface area (Å²) >= 11 is 0. The molecular formula is C18H23N3. The fraction of sp³-hybridized carbons (Fsp3) is 0.333. The molecule has 1 saturated heterocycles. The van der Waals surface area contributed by atoms with Crippen molar-refractivity contribution in [2.24, 2.45) is 0 Å². The van der Waals surface area contributed by atoms with Gasteiger partial charge in [0.15, 0.2) is 0 Å². The maximum absolute atomic E-state index is 6.14. The van der Waals surface area contributed by atoms with E-state index in [-0.39, 0.29) is 0 Å². The van der Waals surface area contributed by atoms with E-state index in [0.29, 0.717) is 6.04 Å². The van der Waals surface area contributed by atoms with E-state index >= 15 is 0 Å². The van der Waals surface area contributed by atoms with Crippen LogP contribution in [0.4, 0.5) is 11.4 Å². The molecule has 3 nitrogen and oxygen atoms in total. The average molecular weight is 281 g/mol. The molecule has 3 rings (SSSR count). The minimum atomic E-state index is 0.523. The minimum absolute atomic E-state index is 0.523. The van der Waals surface area contributed by atoms with Crippen LogP contribution in [0.3, 0.4) is 0 Å². The summed E-state index contributed by atoms with van der Waals surface area (Å²) in [7, 11) is 2.18. The Kier molecular flexibility index (Phi) is 4.11. The molecule has 2 aromatic rings. The van der Waals surface area contributed by atoms with Crippen LogP contribution in [0, 0.1) is 0 Å². The summed E-state index contributed by atoms with van der Waals surface area (Å²) in [6.07, 6.45) is 2.34. The van der Waals surface area contributed by atoms with Crippen molar-refractivity contribution in [1.82, 2.24) is 4.90 Å². The van der Waals surface area contributed by atoms with Gasteiger partial charge in [0.05, 0.1) is 11.4 Å². The van der Waals surface area contributed by atoms with E-state index in [2.05, 4.69) is 53.7 Å². The summed E-state index contributed by atoms with van der Waals surface area (Å²) in [5.41, 5.74) is 10.5. The van der Waals surface area contributed by atoms with E-state index in [1.54, 1.807) is 0 Å². The Balaban J connectivity index is 1.79. The van der Waals surface area contributed by atoms with Crippen LogP contribution in [0.15, 0.2) is 48.5 Å². The lowest BCUT2D eigenvalue weighted by atomic mass is 10.0. The van der Waals surface area contributed by atoms with Gasteiger partial charge in [-0.15, -0.1) is 0 Å². The van der Waals surface area contributed by atoms with Gasteiger partial charge in [0.25, 0.3) is 0 Å². The molecule has 3 heteroatoms. The number of rotatable bonds is 3. The Morgan fingerprint density at radius 3 is 2.43 bits per heavy atom. The van der Waals surface area contributed by atoms with E-state index in [9.17, 15) is 0 Å². The zero-order chi connectivity index (χ0) is 14.7. The lowest BCUT2D eigenvalue weighted by Gasteiger charge is -2.30. The predicted molar refractivity (Wildman–Crippen MR) is 90.4 cm³/mol. The van der Waals surface area contributed by atoms with Gasteiger partial charge in [-0.1, -0.05) is 36.4 Å². The number of benzene rings is 2. The largest absolute Gasteiger partial charge is 0.397 e. The van der Waals surface area contributed by atoms with Gasteiger partial charge in [0, 0.05) is 6.04 Å². The highest BCUT2D eigenvalue weighted by atomic mass is 15.1. The first-order chi connectivity index (χ1) is 10.2. The minimum Gasteiger partial charge on any atom is -0.397 e. The van der Waals surface area contributed by atoms with Crippen molar-refractivity contribution in [2.45, 2.75) is 18.9 Å². The van der Waals surface area contributed by atoms with Crippen LogP contribution in [0.2, 0.25) is 0 Å². The third-order valence-corrected chi connectivity index (χ3v) is 4.24. The monoisotopic (exact) mass is 281 g/mol. The van der Waals surface area contributed by atoms with Gasteiger partial charge in [-0.3, -0.25) is 0 Å². The van der Waals surface area contributed by atoms with Crippen LogP contribution in [0.1, 0.15) is 12.8 Å². The molecule has 3 N–H and O–H groups in total. The van der Waals surface area contributed by atoms with Crippen LogP contribution < -0.4 is 11.1 Å². The highest BCUT2D eigenvalue weighted by Gasteiger charge is 2.17. The van der Waals surface area contributed by atoms with Gasteiger partial charge in [0.2, 0.25) is 0 Å². The van der Waals surface area contributed by atoms with Crippen molar-refractivity contribution in [3.63, 3.8) is 0 Å². The van der Waals surface area contributed by atoms with Crippen molar-refractivity contribution < 1.29 is 0 Å². The lowest BCUT2D eigenvalue weighted by molar-refractivity contribution is 0.264. The van der Waals surface area contributed by atoms with Crippen molar-refractivity contribution in [3.05, 3.63) is 48.5 Å². The molecule has 0 bridgehead atoms. The Bertz CT molecular complexity index is 587. The fourth-order valence-electron chi connectivity index (χ4n) is 2.86. The van der Waals surface area contributed by atoms with E-state index < -0.39 is 0 Å². The SMILES string of the molecule is CN1CCC(Nc2cc(-c3ccccc3)ccc2N)CC1. The van der Waals surface area contributed by atoms with Crippen LogP contribution in [0.5, 0.6) is 0 Å². The van der Waals surface area contributed by atoms with E-state index in [4.69, 9.17) is 5.73 Å². The van der Waals surface area contributed by atoms with Crippen molar-refractivity contribution >= 4 is 11.4 Å². The molecule has 0 spiro atoms. The van der Waals surface area contributed by atoms with Crippen molar-refractivity contribution in [2.75, 3.05) is 31.2 Å². The quantitative estimate of drug-likeness (QED) is 0.847. The second-order valence-corrected chi connectivity index (χ2v) is 5.89. The van der Waals surface area contributed by atoms with E-state index in [0.717, 1.165) is 24.5 Å². The average Bonchev–Trinajstić information content (AvgIpc) is 2.52. The summed E-state index contributed by atoms with van der Waals surface area (Å²) in [6.45, 7) is 2.30. The van der Waals surface area contributed by atoms with Gasteiger partial charge in [0.1, 0.15) is 0 Å². The highest BCUT2D eigenvalue weighted by molar-refractivity contribution is 5.76. The van der Waals surface area contributed by atoms with Crippen molar-refractivity contribution in [3.8, 4) is 11.1 Å². The van der Waals surface area contributed by atoms with Gasteiger partial charge < -0.3 is 16.0 Å². The normalized spacial score (nSPS) is 16.8. The van der Waals surface area contributed by atoms with Crippen LogP contribution >= 0.6 is 0 Å². The van der Waals surface area contributed by atoms with Crippen molar-refractivity contribution in [1.29, 1.82) is 0 Å². The smallest absolute Gasteiger partial charge is 0.0582 e.